The molecule has 0 spiro atoms. The summed E-state index contributed by atoms with van der Waals surface area (Å²) in [5, 5.41) is 3.44. The highest BCUT2D eigenvalue weighted by atomic mass is 16.6. The van der Waals surface area contributed by atoms with Gasteiger partial charge in [0.25, 0.3) is 0 Å². The minimum absolute atomic E-state index is 0.157. The number of amides is 1. The number of rotatable bonds is 5. The SMILES string of the molecule is CCCNCCC1CCN(C(=O)OC(C)(C)C)CC1. The Morgan fingerprint density at radius 3 is 2.42 bits per heavy atom. The normalized spacial score (nSPS) is 17.6. The van der Waals surface area contributed by atoms with Gasteiger partial charge in [-0.15, -0.1) is 0 Å². The summed E-state index contributed by atoms with van der Waals surface area (Å²) in [7, 11) is 0. The minimum atomic E-state index is -0.391. The topological polar surface area (TPSA) is 41.6 Å². The van der Waals surface area contributed by atoms with Crippen LogP contribution in [0.25, 0.3) is 0 Å². The Kier molecular flexibility index (Phi) is 6.63. The Labute approximate surface area is 117 Å². The van der Waals surface area contributed by atoms with Crippen molar-refractivity contribution in [3.63, 3.8) is 0 Å². The van der Waals surface area contributed by atoms with Crippen LogP contribution in [0.5, 0.6) is 0 Å². The highest BCUT2D eigenvalue weighted by Gasteiger charge is 2.26. The Bertz CT molecular complexity index is 266. The van der Waals surface area contributed by atoms with Gasteiger partial charge in [0.1, 0.15) is 5.60 Å². The van der Waals surface area contributed by atoms with E-state index in [1.165, 1.54) is 12.8 Å². The molecule has 0 aromatic rings. The molecule has 4 nitrogen and oxygen atoms in total. The van der Waals surface area contributed by atoms with Crippen molar-refractivity contribution in [1.29, 1.82) is 0 Å². The Hall–Kier alpha value is -0.770. The van der Waals surface area contributed by atoms with Gasteiger partial charge in [-0.25, -0.2) is 4.79 Å². The van der Waals surface area contributed by atoms with Crippen LogP contribution in [-0.4, -0.2) is 42.8 Å². The maximum atomic E-state index is 11.9. The van der Waals surface area contributed by atoms with E-state index < -0.39 is 5.60 Å². The summed E-state index contributed by atoms with van der Waals surface area (Å²) in [6.07, 6.45) is 4.47. The van der Waals surface area contributed by atoms with E-state index in [4.69, 9.17) is 4.74 Å². The number of carbonyl (C=O) groups excluding carboxylic acids is 1. The van der Waals surface area contributed by atoms with Crippen molar-refractivity contribution in [2.24, 2.45) is 5.92 Å². The van der Waals surface area contributed by atoms with E-state index in [9.17, 15) is 4.79 Å². The molecule has 0 unspecified atom stereocenters. The first-order valence-corrected chi connectivity index (χ1v) is 7.61. The van der Waals surface area contributed by atoms with Crippen molar-refractivity contribution >= 4 is 6.09 Å². The van der Waals surface area contributed by atoms with E-state index in [-0.39, 0.29) is 6.09 Å². The number of hydrogen-bond acceptors (Lipinski definition) is 3. The fraction of sp³-hybridized carbons (Fsp3) is 0.933. The Balaban J connectivity index is 2.19. The minimum Gasteiger partial charge on any atom is -0.444 e. The molecular formula is C15H30N2O2. The fourth-order valence-corrected chi connectivity index (χ4v) is 2.34. The molecule has 1 N–H and O–H groups in total. The number of hydrogen-bond donors (Lipinski definition) is 1. The number of likely N-dealkylation sites (tertiary alicyclic amines) is 1. The van der Waals surface area contributed by atoms with Crippen LogP contribution in [0.4, 0.5) is 4.79 Å². The van der Waals surface area contributed by atoms with Gasteiger partial charge in [-0.05, 0) is 65.5 Å². The highest BCUT2D eigenvalue weighted by molar-refractivity contribution is 5.68. The number of nitrogens with one attached hydrogen (secondary N) is 1. The standard InChI is InChI=1S/C15H30N2O2/c1-5-9-16-10-6-13-7-11-17(12-8-13)14(18)19-15(2,3)4/h13,16H,5-12H2,1-4H3. The van der Waals surface area contributed by atoms with E-state index in [0.717, 1.165) is 44.9 Å². The zero-order chi connectivity index (χ0) is 14.3. The highest BCUT2D eigenvalue weighted by Crippen LogP contribution is 2.21. The van der Waals surface area contributed by atoms with E-state index in [1.54, 1.807) is 0 Å². The molecule has 0 aliphatic carbocycles. The van der Waals surface area contributed by atoms with Crippen LogP contribution < -0.4 is 5.32 Å². The molecule has 1 rings (SSSR count). The zero-order valence-corrected chi connectivity index (χ0v) is 13.0. The summed E-state index contributed by atoms with van der Waals surface area (Å²) in [4.78, 5) is 13.8. The molecule has 4 heteroatoms. The van der Waals surface area contributed by atoms with E-state index in [0.29, 0.717) is 0 Å². The summed E-state index contributed by atoms with van der Waals surface area (Å²) < 4.78 is 5.40. The van der Waals surface area contributed by atoms with Gasteiger partial charge in [-0.1, -0.05) is 6.92 Å². The maximum Gasteiger partial charge on any atom is 0.410 e. The smallest absolute Gasteiger partial charge is 0.410 e. The molecule has 19 heavy (non-hydrogen) atoms. The molecule has 1 amide bonds. The van der Waals surface area contributed by atoms with Gasteiger partial charge in [0.2, 0.25) is 0 Å². The van der Waals surface area contributed by atoms with Gasteiger partial charge < -0.3 is 15.0 Å². The molecule has 0 saturated carbocycles. The lowest BCUT2D eigenvalue weighted by molar-refractivity contribution is 0.0181. The predicted octanol–water partition coefficient (Wildman–Crippen LogP) is 3.02. The average molecular weight is 270 g/mol. The number of piperidine rings is 1. The second-order valence-corrected chi connectivity index (χ2v) is 6.45. The van der Waals surface area contributed by atoms with Crippen molar-refractivity contribution in [2.45, 2.75) is 59.0 Å². The molecule has 1 aliphatic rings. The molecule has 1 aliphatic heterocycles. The van der Waals surface area contributed by atoms with Gasteiger partial charge in [0, 0.05) is 13.1 Å². The van der Waals surface area contributed by atoms with E-state index >= 15 is 0 Å². The third-order valence-electron chi connectivity index (χ3n) is 3.42. The van der Waals surface area contributed by atoms with Crippen molar-refractivity contribution in [2.75, 3.05) is 26.2 Å². The van der Waals surface area contributed by atoms with Crippen LogP contribution >= 0.6 is 0 Å². The van der Waals surface area contributed by atoms with E-state index in [1.807, 2.05) is 25.7 Å². The lowest BCUT2D eigenvalue weighted by Gasteiger charge is -2.33. The number of ether oxygens (including phenoxy) is 1. The largest absolute Gasteiger partial charge is 0.444 e. The molecule has 0 radical (unpaired) electrons. The van der Waals surface area contributed by atoms with Crippen LogP contribution in [0.15, 0.2) is 0 Å². The predicted molar refractivity (Wildman–Crippen MR) is 78.3 cm³/mol. The first kappa shape index (κ1) is 16.3. The summed E-state index contributed by atoms with van der Waals surface area (Å²) >= 11 is 0. The summed E-state index contributed by atoms with van der Waals surface area (Å²) in [5.74, 6) is 0.753. The molecule has 1 saturated heterocycles. The summed E-state index contributed by atoms with van der Waals surface area (Å²) in [6.45, 7) is 11.8. The zero-order valence-electron chi connectivity index (χ0n) is 13.0. The van der Waals surface area contributed by atoms with Gasteiger partial charge in [0.15, 0.2) is 0 Å². The lowest BCUT2D eigenvalue weighted by Crippen LogP contribution is -2.42. The number of nitrogens with zero attached hydrogens (tertiary/aromatic N) is 1. The van der Waals surface area contributed by atoms with Crippen LogP contribution in [0.1, 0.15) is 53.4 Å². The van der Waals surface area contributed by atoms with Gasteiger partial charge in [-0.3, -0.25) is 0 Å². The molecule has 1 fully saturated rings. The van der Waals surface area contributed by atoms with Gasteiger partial charge in [0.05, 0.1) is 0 Å². The molecule has 0 aromatic carbocycles. The van der Waals surface area contributed by atoms with Crippen LogP contribution in [0.2, 0.25) is 0 Å². The van der Waals surface area contributed by atoms with Crippen molar-refractivity contribution in [1.82, 2.24) is 10.2 Å². The van der Waals surface area contributed by atoms with E-state index in [2.05, 4.69) is 12.2 Å². The van der Waals surface area contributed by atoms with Crippen molar-refractivity contribution in [3.05, 3.63) is 0 Å². The first-order valence-electron chi connectivity index (χ1n) is 7.61. The Morgan fingerprint density at radius 1 is 1.26 bits per heavy atom. The van der Waals surface area contributed by atoms with Gasteiger partial charge >= 0.3 is 6.09 Å². The van der Waals surface area contributed by atoms with Crippen LogP contribution in [-0.2, 0) is 4.74 Å². The Morgan fingerprint density at radius 2 is 1.89 bits per heavy atom. The summed E-state index contributed by atoms with van der Waals surface area (Å²) in [6, 6.07) is 0. The molecule has 0 aromatic heterocycles. The third kappa shape index (κ3) is 6.81. The average Bonchev–Trinajstić information content (AvgIpc) is 2.33. The second-order valence-electron chi connectivity index (χ2n) is 6.45. The maximum absolute atomic E-state index is 11.9. The fourth-order valence-electron chi connectivity index (χ4n) is 2.34. The quantitative estimate of drug-likeness (QED) is 0.781. The monoisotopic (exact) mass is 270 g/mol. The molecule has 0 atom stereocenters. The van der Waals surface area contributed by atoms with Crippen LogP contribution in [0, 0.1) is 5.92 Å². The van der Waals surface area contributed by atoms with Crippen LogP contribution in [0.3, 0.4) is 0 Å². The third-order valence-corrected chi connectivity index (χ3v) is 3.42. The summed E-state index contributed by atoms with van der Waals surface area (Å²) in [5.41, 5.74) is -0.391. The second kappa shape index (κ2) is 7.73. The van der Waals surface area contributed by atoms with Crippen molar-refractivity contribution in [3.8, 4) is 0 Å². The molecule has 1 heterocycles. The molecule has 112 valence electrons. The first-order chi connectivity index (χ1) is 8.92. The van der Waals surface area contributed by atoms with Crippen molar-refractivity contribution < 1.29 is 9.53 Å². The lowest BCUT2D eigenvalue weighted by atomic mass is 9.94. The molecule has 0 bridgehead atoms. The molecular weight excluding hydrogens is 240 g/mol. The van der Waals surface area contributed by atoms with Gasteiger partial charge in [-0.2, -0.15) is 0 Å². The number of carbonyl (C=O) groups is 1.